The van der Waals surface area contributed by atoms with E-state index in [4.69, 9.17) is 4.74 Å². The Morgan fingerprint density at radius 3 is 2.31 bits per heavy atom. The molecule has 0 saturated heterocycles. The van der Waals surface area contributed by atoms with Crippen LogP contribution < -0.4 is 5.32 Å². The van der Waals surface area contributed by atoms with Gasteiger partial charge < -0.3 is 14.6 Å². The highest BCUT2D eigenvalue weighted by Crippen LogP contribution is 2.20. The number of amides is 1. The Morgan fingerprint density at radius 1 is 1.07 bits per heavy atom. The third kappa shape index (κ3) is 6.49. The van der Waals surface area contributed by atoms with E-state index in [0.717, 1.165) is 28.7 Å². The lowest BCUT2D eigenvalue weighted by Gasteiger charge is -2.13. The molecule has 29 heavy (non-hydrogen) atoms. The minimum Gasteiger partial charge on any atom is -0.457 e. The number of Topliss-reactive ketones (excluding diaryl/α,β-unsaturated/α-hetero) is 1. The number of esters is 1. The molecule has 0 aliphatic carbocycles. The first kappa shape index (κ1) is 22.7. The van der Waals surface area contributed by atoms with E-state index >= 15 is 0 Å². The predicted octanol–water partition coefficient (Wildman–Crippen LogP) is 4.09. The molecule has 0 spiro atoms. The van der Waals surface area contributed by atoms with Crippen molar-refractivity contribution in [3.05, 3.63) is 52.8 Å². The zero-order valence-electron chi connectivity index (χ0n) is 17.6. The minimum absolute atomic E-state index is 0.0135. The SMILES string of the molecule is Cc1ccc(NC(=O)CSCC(=O)OCC(=O)c2cc(C)n(C(C)C)c2C)cc1. The van der Waals surface area contributed by atoms with Gasteiger partial charge in [-0.3, -0.25) is 14.4 Å². The summed E-state index contributed by atoms with van der Waals surface area (Å²) < 4.78 is 7.17. The summed E-state index contributed by atoms with van der Waals surface area (Å²) in [6.07, 6.45) is 0. The van der Waals surface area contributed by atoms with E-state index in [1.807, 2.05) is 51.1 Å². The maximum Gasteiger partial charge on any atom is 0.316 e. The average molecular weight is 417 g/mol. The van der Waals surface area contributed by atoms with Gasteiger partial charge in [-0.15, -0.1) is 11.8 Å². The molecule has 0 unspecified atom stereocenters. The Kier molecular flexibility index (Phi) is 8.08. The van der Waals surface area contributed by atoms with Gasteiger partial charge in [0.25, 0.3) is 0 Å². The lowest BCUT2D eigenvalue weighted by Crippen LogP contribution is -2.18. The summed E-state index contributed by atoms with van der Waals surface area (Å²) in [5, 5.41) is 2.77. The van der Waals surface area contributed by atoms with E-state index in [1.165, 1.54) is 0 Å². The molecule has 1 amide bonds. The lowest BCUT2D eigenvalue weighted by molar-refractivity contribution is -0.139. The van der Waals surface area contributed by atoms with Crippen molar-refractivity contribution in [3.63, 3.8) is 0 Å². The van der Waals surface area contributed by atoms with Crippen molar-refractivity contribution in [1.29, 1.82) is 0 Å². The number of anilines is 1. The fourth-order valence-electron chi connectivity index (χ4n) is 3.18. The Balaban J connectivity index is 1.74. The van der Waals surface area contributed by atoms with E-state index in [9.17, 15) is 14.4 Å². The topological polar surface area (TPSA) is 77.4 Å². The van der Waals surface area contributed by atoms with Crippen molar-refractivity contribution in [2.24, 2.45) is 0 Å². The van der Waals surface area contributed by atoms with Crippen LogP contribution in [0.1, 0.15) is 47.2 Å². The molecule has 0 bridgehead atoms. The number of hydrogen-bond acceptors (Lipinski definition) is 5. The van der Waals surface area contributed by atoms with Gasteiger partial charge in [0.2, 0.25) is 11.7 Å². The van der Waals surface area contributed by atoms with Crippen LogP contribution in [-0.4, -0.2) is 40.3 Å². The molecule has 156 valence electrons. The summed E-state index contributed by atoms with van der Waals surface area (Å²) in [6.45, 7) is 9.64. The van der Waals surface area contributed by atoms with E-state index in [0.29, 0.717) is 11.3 Å². The van der Waals surface area contributed by atoms with Crippen molar-refractivity contribution >= 4 is 35.1 Å². The largest absolute Gasteiger partial charge is 0.457 e. The first-order valence-electron chi connectivity index (χ1n) is 9.50. The maximum absolute atomic E-state index is 12.4. The molecular weight excluding hydrogens is 388 g/mol. The number of benzene rings is 1. The normalized spacial score (nSPS) is 10.8. The van der Waals surface area contributed by atoms with Gasteiger partial charge in [0.05, 0.1) is 11.5 Å². The smallest absolute Gasteiger partial charge is 0.316 e. The van der Waals surface area contributed by atoms with E-state index in [1.54, 1.807) is 0 Å². The molecule has 2 rings (SSSR count). The highest BCUT2D eigenvalue weighted by molar-refractivity contribution is 8.00. The lowest BCUT2D eigenvalue weighted by atomic mass is 10.1. The molecule has 7 heteroatoms. The van der Waals surface area contributed by atoms with Crippen molar-refractivity contribution in [2.75, 3.05) is 23.4 Å². The Bertz CT molecular complexity index is 885. The van der Waals surface area contributed by atoms with Crippen LogP contribution in [-0.2, 0) is 14.3 Å². The first-order valence-corrected chi connectivity index (χ1v) is 10.7. The molecule has 1 aromatic carbocycles. The van der Waals surface area contributed by atoms with Gasteiger partial charge in [-0.05, 0) is 52.8 Å². The molecule has 0 atom stereocenters. The average Bonchev–Trinajstić information content (AvgIpc) is 2.96. The zero-order chi connectivity index (χ0) is 21.6. The summed E-state index contributed by atoms with van der Waals surface area (Å²) in [5.41, 5.74) is 4.28. The molecule has 0 aliphatic rings. The van der Waals surface area contributed by atoms with Crippen LogP contribution in [0.25, 0.3) is 0 Å². The van der Waals surface area contributed by atoms with E-state index < -0.39 is 5.97 Å². The molecule has 0 radical (unpaired) electrons. The third-order valence-electron chi connectivity index (χ3n) is 4.45. The monoisotopic (exact) mass is 416 g/mol. The molecule has 6 nitrogen and oxygen atoms in total. The summed E-state index contributed by atoms with van der Waals surface area (Å²) in [6, 6.07) is 9.56. The molecule has 1 N–H and O–H groups in total. The van der Waals surface area contributed by atoms with Crippen LogP contribution in [0.3, 0.4) is 0 Å². The molecular formula is C22H28N2O4S. The van der Waals surface area contributed by atoms with Gasteiger partial charge in [-0.25, -0.2) is 0 Å². The number of aryl methyl sites for hydroxylation is 2. The van der Waals surface area contributed by atoms with Gasteiger partial charge in [-0.1, -0.05) is 17.7 Å². The minimum atomic E-state index is -0.510. The second-order valence-electron chi connectivity index (χ2n) is 7.24. The molecule has 1 heterocycles. The van der Waals surface area contributed by atoms with Gasteiger partial charge in [0.1, 0.15) is 0 Å². The highest BCUT2D eigenvalue weighted by Gasteiger charge is 2.18. The predicted molar refractivity (Wildman–Crippen MR) is 117 cm³/mol. The maximum atomic E-state index is 12.4. The molecule has 0 aliphatic heterocycles. The van der Waals surface area contributed by atoms with E-state index in [2.05, 4.69) is 23.7 Å². The summed E-state index contributed by atoms with van der Waals surface area (Å²) in [4.78, 5) is 36.2. The van der Waals surface area contributed by atoms with Crippen LogP contribution in [0.15, 0.2) is 30.3 Å². The van der Waals surface area contributed by atoms with Gasteiger partial charge in [0.15, 0.2) is 6.61 Å². The first-order chi connectivity index (χ1) is 13.7. The Morgan fingerprint density at radius 2 is 1.72 bits per heavy atom. The second-order valence-corrected chi connectivity index (χ2v) is 8.23. The van der Waals surface area contributed by atoms with Gasteiger partial charge in [-0.2, -0.15) is 0 Å². The number of thioether (sulfide) groups is 1. The number of ketones is 1. The van der Waals surface area contributed by atoms with Gasteiger partial charge in [0, 0.05) is 28.7 Å². The molecule has 0 fully saturated rings. The number of nitrogens with one attached hydrogen (secondary N) is 1. The number of carbonyl (C=O) groups excluding carboxylic acids is 3. The fraction of sp³-hybridized carbons (Fsp3) is 0.409. The van der Waals surface area contributed by atoms with Gasteiger partial charge >= 0.3 is 5.97 Å². The third-order valence-corrected chi connectivity index (χ3v) is 5.36. The number of rotatable bonds is 9. The number of carbonyl (C=O) groups is 3. The molecule has 2 aromatic rings. The summed E-state index contributed by atoms with van der Waals surface area (Å²) in [5.74, 6) is -0.778. The number of aromatic nitrogens is 1. The highest BCUT2D eigenvalue weighted by atomic mass is 32.2. The zero-order valence-corrected chi connectivity index (χ0v) is 18.4. The Labute approximate surface area is 176 Å². The van der Waals surface area contributed by atoms with Crippen LogP contribution in [0.4, 0.5) is 5.69 Å². The van der Waals surface area contributed by atoms with Crippen LogP contribution in [0.5, 0.6) is 0 Å². The molecule has 0 saturated carbocycles. The Hall–Kier alpha value is -2.54. The van der Waals surface area contributed by atoms with Crippen molar-refractivity contribution < 1.29 is 19.1 Å². The second kappa shape index (κ2) is 10.3. The standard InChI is InChI=1S/C22H28N2O4S/c1-14(2)24-16(4)10-19(17(24)5)20(25)11-28-22(27)13-29-12-21(26)23-18-8-6-15(3)7-9-18/h6-10,14H,11-13H2,1-5H3,(H,23,26). The number of ether oxygens (including phenoxy) is 1. The quantitative estimate of drug-likeness (QED) is 0.492. The summed E-state index contributed by atoms with van der Waals surface area (Å²) in [7, 11) is 0. The van der Waals surface area contributed by atoms with E-state index in [-0.39, 0.29) is 35.8 Å². The van der Waals surface area contributed by atoms with Crippen molar-refractivity contribution in [1.82, 2.24) is 4.57 Å². The van der Waals surface area contributed by atoms with Crippen LogP contribution in [0.2, 0.25) is 0 Å². The van der Waals surface area contributed by atoms with Crippen molar-refractivity contribution in [3.8, 4) is 0 Å². The number of nitrogens with zero attached hydrogens (tertiary/aromatic N) is 1. The fourth-order valence-corrected chi connectivity index (χ4v) is 3.79. The number of hydrogen-bond donors (Lipinski definition) is 1. The molecule has 1 aromatic heterocycles. The van der Waals surface area contributed by atoms with Crippen molar-refractivity contribution in [2.45, 2.75) is 40.7 Å². The van der Waals surface area contributed by atoms with Crippen LogP contribution in [0, 0.1) is 20.8 Å². The van der Waals surface area contributed by atoms with Crippen LogP contribution >= 0.6 is 11.8 Å². The summed E-state index contributed by atoms with van der Waals surface area (Å²) >= 11 is 1.15.